The molecule has 1 fully saturated rings. The molecule has 1 rings (SSSR count). The lowest BCUT2D eigenvalue weighted by atomic mass is 10.0. The Morgan fingerprint density at radius 2 is 1.88 bits per heavy atom. The second kappa shape index (κ2) is 5.13. The van der Waals surface area contributed by atoms with Crippen molar-refractivity contribution in [3.63, 3.8) is 0 Å². The summed E-state index contributed by atoms with van der Waals surface area (Å²) in [6.07, 6.45) is 0.880. The van der Waals surface area contributed by atoms with Crippen molar-refractivity contribution >= 4 is 17.8 Å². The number of rotatable bonds is 7. The first-order valence-corrected chi connectivity index (χ1v) is 5.37. The molecule has 0 aliphatic heterocycles. The molecular formula is C10H16N2O5. The monoisotopic (exact) mass is 244 g/mol. The van der Waals surface area contributed by atoms with Gasteiger partial charge >= 0.3 is 11.9 Å². The van der Waals surface area contributed by atoms with Crippen LogP contribution in [0.2, 0.25) is 0 Å². The highest BCUT2D eigenvalue weighted by atomic mass is 16.4. The van der Waals surface area contributed by atoms with Crippen LogP contribution in [0.1, 0.15) is 25.7 Å². The maximum absolute atomic E-state index is 11.7. The molecule has 7 heteroatoms. The van der Waals surface area contributed by atoms with Crippen LogP contribution in [0, 0.1) is 5.41 Å². The van der Waals surface area contributed by atoms with Crippen LogP contribution in [-0.4, -0.2) is 40.6 Å². The Morgan fingerprint density at radius 3 is 2.24 bits per heavy atom. The van der Waals surface area contributed by atoms with E-state index in [2.05, 4.69) is 5.32 Å². The molecule has 0 aromatic rings. The average molecular weight is 244 g/mol. The van der Waals surface area contributed by atoms with Gasteiger partial charge in [0.25, 0.3) is 0 Å². The lowest BCUT2D eigenvalue weighted by molar-refractivity contribution is -0.143. The third-order valence-electron chi connectivity index (χ3n) is 2.98. The normalized spacial score (nSPS) is 18.2. The zero-order chi connectivity index (χ0) is 13.1. The number of carboxylic acids is 2. The van der Waals surface area contributed by atoms with Crippen LogP contribution < -0.4 is 11.1 Å². The summed E-state index contributed by atoms with van der Waals surface area (Å²) < 4.78 is 0. The van der Waals surface area contributed by atoms with Gasteiger partial charge < -0.3 is 21.3 Å². The van der Waals surface area contributed by atoms with Crippen molar-refractivity contribution in [3.8, 4) is 0 Å². The summed E-state index contributed by atoms with van der Waals surface area (Å²) in [6, 6.07) is -1.16. The van der Waals surface area contributed by atoms with E-state index in [0.717, 1.165) is 0 Å². The first-order chi connectivity index (χ1) is 7.91. The molecule has 17 heavy (non-hydrogen) atoms. The number of amides is 1. The van der Waals surface area contributed by atoms with Crippen LogP contribution in [-0.2, 0) is 14.4 Å². The van der Waals surface area contributed by atoms with E-state index >= 15 is 0 Å². The van der Waals surface area contributed by atoms with Gasteiger partial charge in [0.05, 0.1) is 5.41 Å². The van der Waals surface area contributed by atoms with Gasteiger partial charge in [-0.05, 0) is 19.3 Å². The van der Waals surface area contributed by atoms with Crippen LogP contribution in [0.25, 0.3) is 0 Å². The van der Waals surface area contributed by atoms with Gasteiger partial charge in [0.15, 0.2) is 0 Å². The highest BCUT2D eigenvalue weighted by Gasteiger charge is 2.49. The van der Waals surface area contributed by atoms with E-state index in [-0.39, 0.29) is 19.4 Å². The molecule has 1 saturated carbocycles. The van der Waals surface area contributed by atoms with Crippen LogP contribution in [0.3, 0.4) is 0 Å². The molecule has 0 aromatic carbocycles. The first-order valence-electron chi connectivity index (χ1n) is 5.37. The van der Waals surface area contributed by atoms with Gasteiger partial charge in [-0.25, -0.2) is 4.79 Å². The maximum Gasteiger partial charge on any atom is 0.326 e. The van der Waals surface area contributed by atoms with Crippen LogP contribution >= 0.6 is 0 Å². The Hall–Kier alpha value is -1.63. The predicted molar refractivity (Wildman–Crippen MR) is 57.2 cm³/mol. The van der Waals surface area contributed by atoms with E-state index in [9.17, 15) is 14.4 Å². The Bertz CT molecular complexity index is 338. The number of carbonyl (C=O) groups is 3. The molecule has 5 N–H and O–H groups in total. The Balaban J connectivity index is 2.52. The standard InChI is InChI=1S/C10H16N2O5/c11-5-10(3-4-10)9(17)12-6(8(15)16)1-2-7(13)14/h6H,1-5,11H2,(H,12,17)(H,13,14)(H,15,16)/t6-/m0/s1. The maximum atomic E-state index is 11.7. The van der Waals surface area contributed by atoms with Crippen LogP contribution in [0.4, 0.5) is 0 Å². The van der Waals surface area contributed by atoms with Crippen molar-refractivity contribution in [1.82, 2.24) is 5.32 Å². The lowest BCUT2D eigenvalue weighted by Gasteiger charge is -2.18. The summed E-state index contributed by atoms with van der Waals surface area (Å²) in [4.78, 5) is 32.9. The SMILES string of the molecule is NCC1(C(=O)N[C@@H](CCC(=O)O)C(=O)O)CC1. The van der Waals surface area contributed by atoms with Gasteiger partial charge in [0, 0.05) is 13.0 Å². The summed E-state index contributed by atoms with van der Waals surface area (Å²) in [7, 11) is 0. The zero-order valence-corrected chi connectivity index (χ0v) is 9.31. The minimum Gasteiger partial charge on any atom is -0.481 e. The molecule has 0 radical (unpaired) electrons. The molecule has 1 amide bonds. The molecule has 7 nitrogen and oxygen atoms in total. The average Bonchev–Trinajstić information content (AvgIpc) is 3.03. The summed E-state index contributed by atoms with van der Waals surface area (Å²) in [5.74, 6) is -2.71. The molecule has 0 heterocycles. The number of hydrogen-bond acceptors (Lipinski definition) is 4. The molecule has 0 bridgehead atoms. The molecule has 1 aliphatic carbocycles. The van der Waals surface area contributed by atoms with Gasteiger partial charge in [-0.2, -0.15) is 0 Å². The summed E-state index contributed by atoms with van der Waals surface area (Å²) >= 11 is 0. The van der Waals surface area contributed by atoms with Gasteiger partial charge in [-0.15, -0.1) is 0 Å². The quantitative estimate of drug-likeness (QED) is 0.462. The summed E-state index contributed by atoms with van der Waals surface area (Å²) in [5.41, 5.74) is 4.81. The topological polar surface area (TPSA) is 130 Å². The van der Waals surface area contributed by atoms with Gasteiger partial charge in [0.2, 0.25) is 5.91 Å². The predicted octanol–water partition coefficient (Wildman–Crippen LogP) is -0.840. The van der Waals surface area contributed by atoms with Gasteiger partial charge in [0.1, 0.15) is 6.04 Å². The molecule has 0 unspecified atom stereocenters. The van der Waals surface area contributed by atoms with Crippen molar-refractivity contribution in [2.75, 3.05) is 6.54 Å². The van der Waals surface area contributed by atoms with Crippen molar-refractivity contribution in [2.24, 2.45) is 11.1 Å². The Morgan fingerprint density at radius 1 is 1.29 bits per heavy atom. The minimum absolute atomic E-state index is 0.128. The fourth-order valence-electron chi connectivity index (χ4n) is 1.51. The van der Waals surface area contributed by atoms with E-state index in [1.165, 1.54) is 0 Å². The van der Waals surface area contributed by atoms with Crippen LogP contribution in [0.15, 0.2) is 0 Å². The van der Waals surface area contributed by atoms with E-state index in [1.807, 2.05) is 0 Å². The van der Waals surface area contributed by atoms with Gasteiger partial charge in [-0.3, -0.25) is 9.59 Å². The zero-order valence-electron chi connectivity index (χ0n) is 9.31. The minimum atomic E-state index is -1.23. The van der Waals surface area contributed by atoms with Crippen LogP contribution in [0.5, 0.6) is 0 Å². The van der Waals surface area contributed by atoms with E-state index in [0.29, 0.717) is 12.8 Å². The third kappa shape index (κ3) is 3.42. The van der Waals surface area contributed by atoms with Gasteiger partial charge in [-0.1, -0.05) is 0 Å². The molecule has 96 valence electrons. The number of aliphatic carboxylic acids is 2. The second-order valence-corrected chi connectivity index (χ2v) is 4.28. The largest absolute Gasteiger partial charge is 0.481 e. The van der Waals surface area contributed by atoms with Crippen molar-refractivity contribution < 1.29 is 24.6 Å². The van der Waals surface area contributed by atoms with Crippen molar-refractivity contribution in [1.29, 1.82) is 0 Å². The fraction of sp³-hybridized carbons (Fsp3) is 0.700. The number of hydrogen-bond donors (Lipinski definition) is 4. The van der Waals surface area contributed by atoms with Crippen molar-refractivity contribution in [2.45, 2.75) is 31.7 Å². The van der Waals surface area contributed by atoms with E-state index in [1.54, 1.807) is 0 Å². The Labute approximate surface area is 98.0 Å². The molecular weight excluding hydrogens is 228 g/mol. The molecule has 0 aromatic heterocycles. The third-order valence-corrected chi connectivity index (χ3v) is 2.98. The van der Waals surface area contributed by atoms with E-state index < -0.39 is 29.3 Å². The summed E-state index contributed by atoms with van der Waals surface area (Å²) in [6.45, 7) is 0.185. The number of carbonyl (C=O) groups excluding carboxylic acids is 1. The Kier molecular flexibility index (Phi) is 4.06. The fourth-order valence-corrected chi connectivity index (χ4v) is 1.51. The van der Waals surface area contributed by atoms with E-state index in [4.69, 9.17) is 15.9 Å². The molecule has 0 spiro atoms. The molecule has 1 aliphatic rings. The highest BCUT2D eigenvalue weighted by molar-refractivity contribution is 5.89. The second-order valence-electron chi connectivity index (χ2n) is 4.28. The number of nitrogens with one attached hydrogen (secondary N) is 1. The first kappa shape index (κ1) is 13.4. The lowest BCUT2D eigenvalue weighted by Crippen LogP contribution is -2.46. The number of nitrogens with two attached hydrogens (primary N) is 1. The number of carboxylic acid groups (broad SMARTS) is 2. The highest BCUT2D eigenvalue weighted by Crippen LogP contribution is 2.44. The molecule has 1 atom stereocenters. The summed E-state index contributed by atoms with van der Waals surface area (Å²) in [5, 5.41) is 19.7. The van der Waals surface area contributed by atoms with Crippen molar-refractivity contribution in [3.05, 3.63) is 0 Å². The molecule has 0 saturated heterocycles. The smallest absolute Gasteiger partial charge is 0.326 e.